The molecule has 1 atom stereocenters. The van der Waals surface area contributed by atoms with E-state index in [0.29, 0.717) is 6.54 Å². The third kappa shape index (κ3) is 4.29. The lowest BCUT2D eigenvalue weighted by molar-refractivity contribution is -0.121. The summed E-state index contributed by atoms with van der Waals surface area (Å²) in [7, 11) is 0. The molecule has 116 valence electrons. The Labute approximate surface area is 127 Å². The van der Waals surface area contributed by atoms with Crippen LogP contribution in [0.4, 0.5) is 5.69 Å². The number of carbonyl (C=O) groups is 1. The first kappa shape index (κ1) is 16.0. The van der Waals surface area contributed by atoms with Crippen molar-refractivity contribution in [3.8, 4) is 0 Å². The van der Waals surface area contributed by atoms with Gasteiger partial charge >= 0.3 is 0 Å². The summed E-state index contributed by atoms with van der Waals surface area (Å²) in [5.41, 5.74) is 7.49. The number of rotatable bonds is 7. The van der Waals surface area contributed by atoms with Crippen molar-refractivity contribution in [3.63, 3.8) is 0 Å². The number of nitrogens with zero attached hydrogens (tertiary/aromatic N) is 1. The van der Waals surface area contributed by atoms with Gasteiger partial charge in [-0.15, -0.1) is 0 Å². The average Bonchev–Trinajstić information content (AvgIpc) is 2.46. The number of nitrogens with two attached hydrogens (primary N) is 1. The minimum Gasteiger partial charge on any atom is -0.326 e. The van der Waals surface area contributed by atoms with Gasteiger partial charge in [-0.05, 0) is 49.9 Å². The minimum absolute atomic E-state index is 0.0605. The van der Waals surface area contributed by atoms with Crippen molar-refractivity contribution in [2.45, 2.75) is 45.7 Å². The fourth-order valence-electron chi connectivity index (χ4n) is 2.76. The van der Waals surface area contributed by atoms with Gasteiger partial charge in [-0.2, -0.15) is 0 Å². The van der Waals surface area contributed by atoms with E-state index in [9.17, 15) is 4.79 Å². The lowest BCUT2D eigenvalue weighted by atomic mass is 9.85. The molecule has 1 aromatic rings. The molecule has 0 bridgehead atoms. The summed E-state index contributed by atoms with van der Waals surface area (Å²) in [4.78, 5) is 14.7. The number of nitrogens with one attached hydrogen (secondary N) is 1. The van der Waals surface area contributed by atoms with Crippen molar-refractivity contribution in [1.29, 1.82) is 0 Å². The molecule has 1 unspecified atom stereocenters. The fraction of sp³-hybridized carbons (Fsp3) is 0.588. The number of carbonyl (C=O) groups excluding carboxylic acids is 1. The quantitative estimate of drug-likeness (QED) is 0.811. The van der Waals surface area contributed by atoms with Crippen LogP contribution < -0.4 is 11.1 Å². The molecule has 2 rings (SSSR count). The van der Waals surface area contributed by atoms with E-state index < -0.39 is 0 Å². The Hall–Kier alpha value is -1.39. The van der Waals surface area contributed by atoms with E-state index in [1.165, 1.54) is 19.3 Å². The highest BCUT2D eigenvalue weighted by molar-refractivity contribution is 5.94. The second kappa shape index (κ2) is 7.57. The zero-order chi connectivity index (χ0) is 15.2. The second-order valence-corrected chi connectivity index (χ2v) is 5.95. The topological polar surface area (TPSA) is 58.4 Å². The number of hydrogen-bond donors (Lipinski definition) is 2. The molecule has 3 N–H and O–H groups in total. The number of anilines is 1. The highest BCUT2D eigenvalue weighted by Gasteiger charge is 2.25. The first-order chi connectivity index (χ1) is 10.1. The van der Waals surface area contributed by atoms with Gasteiger partial charge in [0.25, 0.3) is 0 Å². The van der Waals surface area contributed by atoms with Crippen molar-refractivity contribution in [1.82, 2.24) is 4.90 Å². The Morgan fingerprint density at radius 3 is 2.81 bits per heavy atom. The predicted octanol–water partition coefficient (Wildman–Crippen LogP) is 2.59. The van der Waals surface area contributed by atoms with E-state index in [1.807, 2.05) is 31.2 Å². The third-order valence-corrected chi connectivity index (χ3v) is 4.48. The van der Waals surface area contributed by atoms with Crippen LogP contribution in [0.1, 0.15) is 38.7 Å². The molecule has 0 spiro atoms. The van der Waals surface area contributed by atoms with Crippen LogP contribution in [-0.4, -0.2) is 29.9 Å². The van der Waals surface area contributed by atoms with Gasteiger partial charge in [-0.25, -0.2) is 0 Å². The standard InChI is InChI=1S/C17H27N3O/c1-3-20(12-14-6-4-7-14)13(2)17(21)19-16-9-5-8-15(10-16)11-18/h5,8-10,13-14H,3-4,6-7,11-12,18H2,1-2H3,(H,19,21). The zero-order valence-corrected chi connectivity index (χ0v) is 13.1. The summed E-state index contributed by atoms with van der Waals surface area (Å²) in [5, 5.41) is 3.00. The van der Waals surface area contributed by atoms with Crippen LogP contribution >= 0.6 is 0 Å². The van der Waals surface area contributed by atoms with Gasteiger partial charge in [0.1, 0.15) is 0 Å². The van der Waals surface area contributed by atoms with Crippen molar-refractivity contribution < 1.29 is 4.79 Å². The Bertz CT molecular complexity index is 471. The summed E-state index contributed by atoms with van der Waals surface area (Å²) < 4.78 is 0. The van der Waals surface area contributed by atoms with Crippen LogP contribution in [0, 0.1) is 5.92 Å². The average molecular weight is 289 g/mol. The van der Waals surface area contributed by atoms with E-state index in [2.05, 4.69) is 17.1 Å². The summed E-state index contributed by atoms with van der Waals surface area (Å²) in [6.45, 7) is 6.55. The molecule has 21 heavy (non-hydrogen) atoms. The maximum atomic E-state index is 12.4. The molecule has 1 amide bonds. The molecule has 0 aromatic heterocycles. The second-order valence-electron chi connectivity index (χ2n) is 5.95. The summed E-state index contributed by atoms with van der Waals surface area (Å²) >= 11 is 0. The van der Waals surface area contributed by atoms with Crippen LogP contribution in [0.5, 0.6) is 0 Å². The SMILES string of the molecule is CCN(CC1CCC1)C(C)C(=O)Nc1cccc(CN)c1. The Morgan fingerprint density at radius 1 is 1.48 bits per heavy atom. The van der Waals surface area contributed by atoms with E-state index in [1.54, 1.807) is 0 Å². The molecule has 0 heterocycles. The Kier molecular flexibility index (Phi) is 5.76. The molecule has 0 aliphatic heterocycles. The van der Waals surface area contributed by atoms with Crippen LogP contribution in [0.25, 0.3) is 0 Å². The Morgan fingerprint density at radius 2 is 2.24 bits per heavy atom. The number of likely N-dealkylation sites (N-methyl/N-ethyl adjacent to an activating group) is 1. The number of hydrogen-bond acceptors (Lipinski definition) is 3. The molecule has 0 radical (unpaired) electrons. The van der Waals surface area contributed by atoms with Crippen LogP contribution in [0.15, 0.2) is 24.3 Å². The molecule has 4 nitrogen and oxygen atoms in total. The monoisotopic (exact) mass is 289 g/mol. The zero-order valence-electron chi connectivity index (χ0n) is 13.1. The smallest absolute Gasteiger partial charge is 0.241 e. The van der Waals surface area contributed by atoms with E-state index in [-0.39, 0.29) is 11.9 Å². The Balaban J connectivity index is 1.93. The van der Waals surface area contributed by atoms with Gasteiger partial charge in [0.15, 0.2) is 0 Å². The van der Waals surface area contributed by atoms with Crippen LogP contribution in [0.2, 0.25) is 0 Å². The normalized spacial score (nSPS) is 16.6. The first-order valence-corrected chi connectivity index (χ1v) is 7.98. The van der Waals surface area contributed by atoms with Crippen molar-refractivity contribution >= 4 is 11.6 Å². The van der Waals surface area contributed by atoms with Crippen molar-refractivity contribution in [2.75, 3.05) is 18.4 Å². The maximum absolute atomic E-state index is 12.4. The molecule has 0 saturated heterocycles. The third-order valence-electron chi connectivity index (χ3n) is 4.48. The highest BCUT2D eigenvalue weighted by Crippen LogP contribution is 2.27. The molecule has 1 aliphatic rings. The van der Waals surface area contributed by atoms with E-state index >= 15 is 0 Å². The largest absolute Gasteiger partial charge is 0.326 e. The van der Waals surface area contributed by atoms with Gasteiger partial charge in [0.2, 0.25) is 5.91 Å². The maximum Gasteiger partial charge on any atom is 0.241 e. The molecular weight excluding hydrogens is 262 g/mol. The van der Waals surface area contributed by atoms with Gasteiger partial charge in [0, 0.05) is 18.8 Å². The molecule has 1 saturated carbocycles. The summed E-state index contributed by atoms with van der Waals surface area (Å²) in [6, 6.07) is 7.64. The van der Waals surface area contributed by atoms with E-state index in [0.717, 1.165) is 30.3 Å². The van der Waals surface area contributed by atoms with E-state index in [4.69, 9.17) is 5.73 Å². The van der Waals surface area contributed by atoms with Gasteiger partial charge < -0.3 is 11.1 Å². The first-order valence-electron chi connectivity index (χ1n) is 7.98. The summed E-state index contributed by atoms with van der Waals surface area (Å²) in [6.07, 6.45) is 3.96. The van der Waals surface area contributed by atoms with Gasteiger partial charge in [-0.1, -0.05) is 25.5 Å². The lowest BCUT2D eigenvalue weighted by Crippen LogP contribution is -2.45. The van der Waals surface area contributed by atoms with Gasteiger partial charge in [-0.3, -0.25) is 9.69 Å². The molecule has 1 aromatic carbocycles. The van der Waals surface area contributed by atoms with Gasteiger partial charge in [0.05, 0.1) is 6.04 Å². The van der Waals surface area contributed by atoms with Crippen molar-refractivity contribution in [3.05, 3.63) is 29.8 Å². The predicted molar refractivity (Wildman–Crippen MR) is 87.0 cm³/mol. The minimum atomic E-state index is -0.0999. The number of amides is 1. The molecular formula is C17H27N3O. The molecule has 1 fully saturated rings. The summed E-state index contributed by atoms with van der Waals surface area (Å²) in [5.74, 6) is 0.839. The molecule has 4 heteroatoms. The van der Waals surface area contributed by atoms with Crippen LogP contribution in [-0.2, 0) is 11.3 Å². The van der Waals surface area contributed by atoms with Crippen molar-refractivity contribution in [2.24, 2.45) is 11.7 Å². The number of benzene rings is 1. The lowest BCUT2D eigenvalue weighted by Gasteiger charge is -2.34. The van der Waals surface area contributed by atoms with Crippen LogP contribution in [0.3, 0.4) is 0 Å². The fourth-order valence-corrected chi connectivity index (χ4v) is 2.76. The molecule has 1 aliphatic carbocycles. The highest BCUT2D eigenvalue weighted by atomic mass is 16.2.